The highest BCUT2D eigenvalue weighted by atomic mass is 16.5. The van der Waals surface area contributed by atoms with Crippen LogP contribution in [0, 0.1) is 5.41 Å². The second-order valence-corrected chi connectivity index (χ2v) is 4.55. The van der Waals surface area contributed by atoms with Crippen molar-refractivity contribution in [3.05, 3.63) is 11.8 Å². The van der Waals surface area contributed by atoms with Crippen molar-refractivity contribution >= 4 is 5.78 Å². The Morgan fingerprint density at radius 1 is 1.57 bits per heavy atom. The molecule has 0 spiro atoms. The Labute approximate surface area is 85.1 Å². The summed E-state index contributed by atoms with van der Waals surface area (Å²) < 4.78 is 10.4. The van der Waals surface area contributed by atoms with Crippen LogP contribution in [0.1, 0.15) is 27.2 Å². The maximum absolute atomic E-state index is 11.9. The van der Waals surface area contributed by atoms with E-state index >= 15 is 0 Å². The van der Waals surface area contributed by atoms with Gasteiger partial charge >= 0.3 is 0 Å². The molecular weight excluding hydrogens is 180 g/mol. The molecule has 14 heavy (non-hydrogen) atoms. The molecular formula is C11H18O3. The van der Waals surface area contributed by atoms with Gasteiger partial charge in [0.2, 0.25) is 5.78 Å². The molecule has 0 radical (unpaired) electrons. The molecule has 0 amide bonds. The van der Waals surface area contributed by atoms with E-state index in [9.17, 15) is 4.79 Å². The zero-order valence-corrected chi connectivity index (χ0v) is 9.29. The van der Waals surface area contributed by atoms with Crippen LogP contribution in [-0.2, 0) is 14.3 Å². The first-order valence-electron chi connectivity index (χ1n) is 4.87. The van der Waals surface area contributed by atoms with Gasteiger partial charge in [0.15, 0.2) is 5.76 Å². The summed E-state index contributed by atoms with van der Waals surface area (Å²) in [6.45, 7) is 6.55. The van der Waals surface area contributed by atoms with Gasteiger partial charge in [0.05, 0.1) is 6.61 Å². The molecule has 1 rings (SSSR count). The standard InChI is InChI=1S/C11H18O3/c1-11(2,3)10(13-4)9(12)8-6-5-7-14-8/h6,10H,5,7H2,1-4H3. The second-order valence-electron chi connectivity index (χ2n) is 4.55. The van der Waals surface area contributed by atoms with Crippen LogP contribution in [-0.4, -0.2) is 25.6 Å². The number of rotatable bonds is 3. The van der Waals surface area contributed by atoms with Crippen LogP contribution >= 0.6 is 0 Å². The minimum atomic E-state index is -0.424. The van der Waals surface area contributed by atoms with Crippen molar-refractivity contribution in [3.8, 4) is 0 Å². The predicted molar refractivity (Wildman–Crippen MR) is 53.9 cm³/mol. The molecule has 0 bridgehead atoms. The van der Waals surface area contributed by atoms with Crippen LogP contribution in [0.15, 0.2) is 11.8 Å². The van der Waals surface area contributed by atoms with Crippen LogP contribution in [0.25, 0.3) is 0 Å². The maximum Gasteiger partial charge on any atom is 0.226 e. The van der Waals surface area contributed by atoms with Gasteiger partial charge in [0.1, 0.15) is 6.10 Å². The molecule has 0 aromatic rings. The van der Waals surface area contributed by atoms with Gasteiger partial charge < -0.3 is 9.47 Å². The minimum Gasteiger partial charge on any atom is -0.490 e. The van der Waals surface area contributed by atoms with Crippen molar-refractivity contribution in [3.63, 3.8) is 0 Å². The lowest BCUT2D eigenvalue weighted by atomic mass is 9.86. The van der Waals surface area contributed by atoms with Gasteiger partial charge in [0, 0.05) is 13.5 Å². The Balaban J connectivity index is 2.75. The molecule has 0 saturated heterocycles. The van der Waals surface area contributed by atoms with Crippen molar-refractivity contribution < 1.29 is 14.3 Å². The fourth-order valence-electron chi connectivity index (χ4n) is 1.57. The van der Waals surface area contributed by atoms with Crippen LogP contribution in [0.2, 0.25) is 0 Å². The van der Waals surface area contributed by atoms with E-state index in [1.54, 1.807) is 7.11 Å². The van der Waals surface area contributed by atoms with E-state index in [1.807, 2.05) is 26.8 Å². The quantitative estimate of drug-likeness (QED) is 0.695. The van der Waals surface area contributed by atoms with Gasteiger partial charge in [-0.3, -0.25) is 4.79 Å². The lowest BCUT2D eigenvalue weighted by Gasteiger charge is -2.27. The highest BCUT2D eigenvalue weighted by molar-refractivity contribution is 5.97. The fraction of sp³-hybridized carbons (Fsp3) is 0.727. The van der Waals surface area contributed by atoms with E-state index in [-0.39, 0.29) is 11.2 Å². The summed E-state index contributed by atoms with van der Waals surface area (Å²) in [7, 11) is 1.56. The number of carbonyl (C=O) groups excluding carboxylic acids is 1. The predicted octanol–water partition coefficient (Wildman–Crippen LogP) is 1.92. The first-order chi connectivity index (χ1) is 6.46. The minimum absolute atomic E-state index is 0.0440. The van der Waals surface area contributed by atoms with Crippen molar-refractivity contribution in [1.82, 2.24) is 0 Å². The summed E-state index contributed by atoms with van der Waals surface area (Å²) in [5, 5.41) is 0. The second kappa shape index (κ2) is 4.13. The Morgan fingerprint density at radius 2 is 2.21 bits per heavy atom. The van der Waals surface area contributed by atoms with E-state index in [1.165, 1.54) is 0 Å². The number of ketones is 1. The van der Waals surface area contributed by atoms with Crippen LogP contribution < -0.4 is 0 Å². The molecule has 1 aliphatic heterocycles. The number of ether oxygens (including phenoxy) is 2. The molecule has 0 fully saturated rings. The molecule has 0 aromatic carbocycles. The molecule has 1 heterocycles. The zero-order chi connectivity index (χ0) is 10.8. The summed E-state index contributed by atoms with van der Waals surface area (Å²) in [5.74, 6) is 0.421. The number of methoxy groups -OCH3 is 1. The molecule has 3 nitrogen and oxygen atoms in total. The molecule has 1 unspecified atom stereocenters. The number of hydrogen-bond acceptors (Lipinski definition) is 3. The van der Waals surface area contributed by atoms with E-state index in [0.29, 0.717) is 12.4 Å². The first kappa shape index (κ1) is 11.2. The van der Waals surface area contributed by atoms with E-state index in [0.717, 1.165) is 6.42 Å². The summed E-state index contributed by atoms with van der Waals surface area (Å²) >= 11 is 0. The monoisotopic (exact) mass is 198 g/mol. The normalized spacial score (nSPS) is 18.7. The van der Waals surface area contributed by atoms with Crippen molar-refractivity contribution in [2.45, 2.75) is 33.3 Å². The molecule has 80 valence electrons. The van der Waals surface area contributed by atoms with E-state index in [2.05, 4.69) is 0 Å². The third-order valence-corrected chi connectivity index (χ3v) is 2.21. The average Bonchev–Trinajstić information content (AvgIpc) is 2.53. The van der Waals surface area contributed by atoms with E-state index in [4.69, 9.17) is 9.47 Å². The molecule has 3 heteroatoms. The first-order valence-corrected chi connectivity index (χ1v) is 4.87. The van der Waals surface area contributed by atoms with Crippen molar-refractivity contribution in [2.24, 2.45) is 5.41 Å². The summed E-state index contributed by atoms with van der Waals surface area (Å²) in [5.41, 5.74) is -0.196. The summed E-state index contributed by atoms with van der Waals surface area (Å²) in [6.07, 6.45) is 2.23. The van der Waals surface area contributed by atoms with Crippen LogP contribution in [0.4, 0.5) is 0 Å². The number of carbonyl (C=O) groups is 1. The topological polar surface area (TPSA) is 35.5 Å². The molecule has 0 aromatic heterocycles. The van der Waals surface area contributed by atoms with Crippen LogP contribution in [0.3, 0.4) is 0 Å². The molecule has 1 atom stereocenters. The molecule has 0 aliphatic carbocycles. The molecule has 1 aliphatic rings. The lowest BCUT2D eigenvalue weighted by Crippen LogP contribution is -2.37. The Morgan fingerprint density at radius 3 is 2.57 bits per heavy atom. The van der Waals surface area contributed by atoms with Crippen LogP contribution in [0.5, 0.6) is 0 Å². The van der Waals surface area contributed by atoms with Gasteiger partial charge in [-0.25, -0.2) is 0 Å². The third-order valence-electron chi connectivity index (χ3n) is 2.21. The lowest BCUT2D eigenvalue weighted by molar-refractivity contribution is -0.134. The van der Waals surface area contributed by atoms with Gasteiger partial charge in [-0.15, -0.1) is 0 Å². The fourth-order valence-corrected chi connectivity index (χ4v) is 1.57. The molecule has 0 saturated carbocycles. The Bertz CT molecular complexity index is 248. The number of Topliss-reactive ketones (excluding diaryl/α,β-unsaturated/α-hetero) is 1. The summed E-state index contributed by atoms with van der Waals surface area (Å²) in [4.78, 5) is 11.9. The largest absolute Gasteiger partial charge is 0.490 e. The molecule has 0 N–H and O–H groups in total. The zero-order valence-electron chi connectivity index (χ0n) is 9.29. The van der Waals surface area contributed by atoms with Gasteiger partial charge in [-0.1, -0.05) is 20.8 Å². The highest BCUT2D eigenvalue weighted by Gasteiger charge is 2.34. The van der Waals surface area contributed by atoms with Gasteiger partial charge in [0.25, 0.3) is 0 Å². The SMILES string of the molecule is COC(C(=O)C1=CCCO1)C(C)(C)C. The summed E-state index contributed by atoms with van der Waals surface area (Å²) in [6, 6.07) is 0. The third kappa shape index (κ3) is 2.35. The average molecular weight is 198 g/mol. The Kier molecular flexibility index (Phi) is 3.32. The number of hydrogen-bond donors (Lipinski definition) is 0. The van der Waals surface area contributed by atoms with Gasteiger partial charge in [-0.2, -0.15) is 0 Å². The van der Waals surface area contributed by atoms with E-state index < -0.39 is 6.10 Å². The Hall–Kier alpha value is -0.830. The highest BCUT2D eigenvalue weighted by Crippen LogP contribution is 2.26. The smallest absolute Gasteiger partial charge is 0.226 e. The maximum atomic E-state index is 11.9. The van der Waals surface area contributed by atoms with Crippen molar-refractivity contribution in [2.75, 3.05) is 13.7 Å². The van der Waals surface area contributed by atoms with Gasteiger partial charge in [-0.05, 0) is 11.5 Å². The van der Waals surface area contributed by atoms with Crippen molar-refractivity contribution in [1.29, 1.82) is 0 Å².